The van der Waals surface area contributed by atoms with Crippen LogP contribution in [-0.2, 0) is 11.3 Å². The first-order chi connectivity index (χ1) is 8.58. The van der Waals surface area contributed by atoms with Gasteiger partial charge in [-0.15, -0.1) is 0 Å². The van der Waals surface area contributed by atoms with E-state index in [1.807, 2.05) is 30.3 Å². The smallest absolute Gasteiger partial charge is 0.323 e. The van der Waals surface area contributed by atoms with Crippen LogP contribution < -0.4 is 5.56 Å². The van der Waals surface area contributed by atoms with Crippen molar-refractivity contribution in [2.75, 3.05) is 0 Å². The molecule has 0 saturated carbocycles. The Bertz CT molecular complexity index is 632. The average Bonchev–Trinajstić information content (AvgIpc) is 2.34. The molecule has 0 aliphatic rings. The minimum Gasteiger partial charge on any atom is -0.480 e. The van der Waals surface area contributed by atoms with Crippen LogP contribution >= 0.6 is 0 Å². The van der Waals surface area contributed by atoms with Crippen LogP contribution in [0.2, 0.25) is 0 Å². The summed E-state index contributed by atoms with van der Waals surface area (Å²) in [5.41, 5.74) is 1.03. The van der Waals surface area contributed by atoms with Crippen LogP contribution in [0, 0.1) is 6.92 Å². The van der Waals surface area contributed by atoms with E-state index in [1.54, 1.807) is 6.92 Å². The maximum atomic E-state index is 11.8. The summed E-state index contributed by atoms with van der Waals surface area (Å²) in [5, 5.41) is 8.71. The third kappa shape index (κ3) is 2.45. The predicted molar refractivity (Wildman–Crippen MR) is 66.3 cm³/mol. The lowest BCUT2D eigenvalue weighted by atomic mass is 10.1. The van der Waals surface area contributed by atoms with Crippen molar-refractivity contribution in [3.8, 4) is 11.3 Å². The van der Waals surface area contributed by atoms with E-state index in [9.17, 15) is 9.59 Å². The van der Waals surface area contributed by atoms with E-state index >= 15 is 0 Å². The van der Waals surface area contributed by atoms with Gasteiger partial charge in [0.2, 0.25) is 0 Å². The van der Waals surface area contributed by atoms with Crippen LogP contribution in [0.15, 0.2) is 41.2 Å². The van der Waals surface area contributed by atoms with Crippen molar-refractivity contribution in [2.24, 2.45) is 0 Å². The number of aromatic nitrogens is 2. The summed E-state index contributed by atoms with van der Waals surface area (Å²) in [4.78, 5) is 26.7. The van der Waals surface area contributed by atoms with E-state index in [0.717, 1.165) is 10.1 Å². The summed E-state index contributed by atoms with van der Waals surface area (Å²) in [6.45, 7) is 1.25. The summed E-state index contributed by atoms with van der Waals surface area (Å²) in [5.74, 6) is -0.668. The molecule has 0 atom stereocenters. The van der Waals surface area contributed by atoms with E-state index in [2.05, 4.69) is 4.98 Å². The van der Waals surface area contributed by atoms with Crippen molar-refractivity contribution in [3.63, 3.8) is 0 Å². The fourth-order valence-electron chi connectivity index (χ4n) is 1.71. The molecular weight excluding hydrogens is 232 g/mol. The Balaban J connectivity index is 2.49. The van der Waals surface area contributed by atoms with Crippen molar-refractivity contribution in [3.05, 3.63) is 52.6 Å². The lowest BCUT2D eigenvalue weighted by Crippen LogP contribution is -2.26. The average molecular weight is 244 g/mol. The van der Waals surface area contributed by atoms with Crippen LogP contribution in [0.1, 0.15) is 5.82 Å². The van der Waals surface area contributed by atoms with Crippen LogP contribution in [-0.4, -0.2) is 20.6 Å². The van der Waals surface area contributed by atoms with Crippen molar-refractivity contribution < 1.29 is 9.90 Å². The van der Waals surface area contributed by atoms with Gasteiger partial charge in [-0.05, 0) is 6.92 Å². The van der Waals surface area contributed by atoms with Crippen LogP contribution in [0.5, 0.6) is 0 Å². The van der Waals surface area contributed by atoms with Gasteiger partial charge in [0.15, 0.2) is 0 Å². The maximum Gasteiger partial charge on any atom is 0.323 e. The first-order valence-electron chi connectivity index (χ1n) is 5.43. The SMILES string of the molecule is Cc1nc(-c2ccccc2)cc(=O)n1CC(=O)O. The molecule has 5 nitrogen and oxygen atoms in total. The zero-order valence-electron chi connectivity index (χ0n) is 9.83. The molecule has 0 spiro atoms. The normalized spacial score (nSPS) is 10.3. The molecule has 2 rings (SSSR count). The molecular formula is C13H12N2O3. The molecule has 0 aliphatic heterocycles. The highest BCUT2D eigenvalue weighted by Crippen LogP contribution is 2.14. The Morgan fingerprint density at radius 3 is 2.56 bits per heavy atom. The lowest BCUT2D eigenvalue weighted by Gasteiger charge is -2.08. The summed E-state index contributed by atoms with van der Waals surface area (Å²) < 4.78 is 1.13. The molecule has 0 saturated heterocycles. The minimum absolute atomic E-state index is 0.358. The van der Waals surface area contributed by atoms with E-state index in [1.165, 1.54) is 6.07 Å². The van der Waals surface area contributed by atoms with Gasteiger partial charge in [0.25, 0.3) is 5.56 Å². The van der Waals surface area contributed by atoms with Crippen LogP contribution in [0.4, 0.5) is 0 Å². The first-order valence-corrected chi connectivity index (χ1v) is 5.43. The number of carboxylic acid groups (broad SMARTS) is 1. The van der Waals surface area contributed by atoms with Gasteiger partial charge in [-0.3, -0.25) is 14.2 Å². The second kappa shape index (κ2) is 4.83. The summed E-state index contributed by atoms with van der Waals surface area (Å²) in [6.07, 6.45) is 0. The number of hydrogen-bond acceptors (Lipinski definition) is 3. The zero-order valence-corrected chi connectivity index (χ0v) is 9.83. The molecule has 1 N–H and O–H groups in total. The molecule has 92 valence electrons. The molecule has 0 radical (unpaired) electrons. The molecule has 0 amide bonds. The molecule has 2 aromatic rings. The van der Waals surface area contributed by atoms with E-state index in [4.69, 9.17) is 5.11 Å². The van der Waals surface area contributed by atoms with E-state index in [-0.39, 0.29) is 12.1 Å². The second-order valence-corrected chi connectivity index (χ2v) is 3.87. The maximum absolute atomic E-state index is 11.8. The van der Waals surface area contributed by atoms with Gasteiger partial charge in [0.05, 0.1) is 5.69 Å². The fraction of sp³-hybridized carbons (Fsp3) is 0.154. The molecule has 0 bridgehead atoms. The Kier molecular flexibility index (Phi) is 3.23. The third-order valence-electron chi connectivity index (χ3n) is 2.56. The van der Waals surface area contributed by atoms with Gasteiger partial charge < -0.3 is 5.11 Å². The molecule has 1 aromatic carbocycles. The summed E-state index contributed by atoms with van der Waals surface area (Å²) in [6, 6.07) is 10.6. The van der Waals surface area contributed by atoms with Gasteiger partial charge in [-0.2, -0.15) is 0 Å². The molecule has 5 heteroatoms. The molecule has 0 unspecified atom stereocenters. The lowest BCUT2D eigenvalue weighted by molar-refractivity contribution is -0.137. The number of carbonyl (C=O) groups is 1. The van der Waals surface area contributed by atoms with E-state index in [0.29, 0.717) is 11.5 Å². The largest absolute Gasteiger partial charge is 0.480 e. The number of rotatable bonds is 3. The number of nitrogens with zero attached hydrogens (tertiary/aromatic N) is 2. The standard InChI is InChI=1S/C13H12N2O3/c1-9-14-11(10-5-3-2-4-6-10)7-12(16)15(9)8-13(17)18/h2-7H,8H2,1H3,(H,17,18). The van der Waals surface area contributed by atoms with Gasteiger partial charge in [0.1, 0.15) is 12.4 Å². The van der Waals surface area contributed by atoms with Gasteiger partial charge in [-0.25, -0.2) is 4.98 Å². The quantitative estimate of drug-likeness (QED) is 0.883. The number of carboxylic acids is 1. The monoisotopic (exact) mass is 244 g/mol. The first kappa shape index (κ1) is 12.0. The Labute approximate surface area is 103 Å². The second-order valence-electron chi connectivity index (χ2n) is 3.87. The van der Waals surface area contributed by atoms with Gasteiger partial charge in [-0.1, -0.05) is 30.3 Å². The number of aryl methyl sites for hydroxylation is 1. The molecule has 0 fully saturated rings. The van der Waals surface area contributed by atoms with Crippen LogP contribution in [0.3, 0.4) is 0 Å². The topological polar surface area (TPSA) is 72.2 Å². The van der Waals surface area contributed by atoms with Gasteiger partial charge in [0, 0.05) is 11.6 Å². The highest BCUT2D eigenvalue weighted by atomic mass is 16.4. The zero-order chi connectivity index (χ0) is 13.1. The molecule has 1 aromatic heterocycles. The third-order valence-corrected chi connectivity index (χ3v) is 2.56. The molecule has 18 heavy (non-hydrogen) atoms. The summed E-state index contributed by atoms with van der Waals surface area (Å²) >= 11 is 0. The van der Waals surface area contributed by atoms with Gasteiger partial charge >= 0.3 is 5.97 Å². The minimum atomic E-state index is -1.06. The van der Waals surface area contributed by atoms with Crippen molar-refractivity contribution in [2.45, 2.75) is 13.5 Å². The fourth-order valence-corrected chi connectivity index (χ4v) is 1.71. The number of aliphatic carboxylic acids is 1. The van der Waals surface area contributed by atoms with Crippen molar-refractivity contribution in [1.82, 2.24) is 9.55 Å². The Hall–Kier alpha value is -2.43. The van der Waals surface area contributed by atoms with Crippen LogP contribution in [0.25, 0.3) is 11.3 Å². The number of benzene rings is 1. The highest BCUT2D eigenvalue weighted by molar-refractivity contribution is 5.66. The van der Waals surface area contributed by atoms with E-state index < -0.39 is 5.97 Å². The highest BCUT2D eigenvalue weighted by Gasteiger charge is 2.09. The molecule has 0 aliphatic carbocycles. The molecule has 1 heterocycles. The van der Waals surface area contributed by atoms with Crippen molar-refractivity contribution >= 4 is 5.97 Å². The Morgan fingerprint density at radius 2 is 2.00 bits per heavy atom. The predicted octanol–water partition coefficient (Wildman–Crippen LogP) is 1.30. The van der Waals surface area contributed by atoms with Crippen molar-refractivity contribution in [1.29, 1.82) is 0 Å². The Morgan fingerprint density at radius 1 is 1.33 bits per heavy atom. The summed E-state index contributed by atoms with van der Waals surface area (Å²) in [7, 11) is 0. The number of hydrogen-bond donors (Lipinski definition) is 1.